The van der Waals surface area contributed by atoms with Crippen molar-refractivity contribution in [1.29, 1.82) is 0 Å². The predicted molar refractivity (Wildman–Crippen MR) is 120 cm³/mol. The zero-order valence-corrected chi connectivity index (χ0v) is 18.7. The lowest BCUT2D eigenvalue weighted by Gasteiger charge is -2.30. The van der Waals surface area contributed by atoms with Gasteiger partial charge >= 0.3 is 0 Å². The maximum atomic E-state index is 14.7. The van der Waals surface area contributed by atoms with Gasteiger partial charge in [0.25, 0.3) is 11.8 Å². The molecule has 2 aromatic carbocycles. The molecule has 1 aliphatic rings. The number of carbonyl (C=O) groups excluding carboxylic acids is 2. The van der Waals surface area contributed by atoms with Gasteiger partial charge in [0.2, 0.25) is 0 Å². The number of halogens is 1. The van der Waals surface area contributed by atoms with Crippen LogP contribution in [0.25, 0.3) is 0 Å². The Labute approximate surface area is 190 Å². The molecule has 4 rings (SSSR count). The summed E-state index contributed by atoms with van der Waals surface area (Å²) in [7, 11) is 1.75. The molecule has 0 saturated carbocycles. The van der Waals surface area contributed by atoms with Crippen LogP contribution in [0.2, 0.25) is 0 Å². The van der Waals surface area contributed by atoms with Crippen LogP contribution in [0.4, 0.5) is 10.2 Å². The van der Waals surface area contributed by atoms with Gasteiger partial charge in [-0.05, 0) is 50.6 Å². The van der Waals surface area contributed by atoms with Gasteiger partial charge in [-0.15, -0.1) is 0 Å². The van der Waals surface area contributed by atoms with E-state index in [0.717, 1.165) is 6.42 Å². The lowest BCUT2D eigenvalue weighted by Crippen LogP contribution is -2.42. The fourth-order valence-corrected chi connectivity index (χ4v) is 3.32. The molecular formula is C24H25FN4O4. The highest BCUT2D eigenvalue weighted by atomic mass is 19.1. The summed E-state index contributed by atoms with van der Waals surface area (Å²) in [5.41, 5.74) is 0.533. The van der Waals surface area contributed by atoms with Crippen LogP contribution < -0.4 is 14.8 Å². The first-order valence-corrected chi connectivity index (χ1v) is 10.7. The van der Waals surface area contributed by atoms with Crippen LogP contribution in [0.15, 0.2) is 48.7 Å². The number of aryl methyl sites for hydroxylation is 1. The molecule has 9 heteroatoms. The van der Waals surface area contributed by atoms with Crippen molar-refractivity contribution >= 4 is 17.6 Å². The fraction of sp³-hybridized carbons (Fsp3) is 0.292. The normalized spacial score (nSPS) is 12.9. The molecule has 1 aliphatic heterocycles. The second-order valence-electron chi connectivity index (χ2n) is 8.08. The molecule has 2 heterocycles. The number of hydrogen-bond acceptors (Lipinski definition) is 5. The summed E-state index contributed by atoms with van der Waals surface area (Å²) in [6.07, 6.45) is 2.53. The van der Waals surface area contributed by atoms with Gasteiger partial charge in [0.05, 0.1) is 6.10 Å². The van der Waals surface area contributed by atoms with E-state index < -0.39 is 11.7 Å². The van der Waals surface area contributed by atoms with Crippen LogP contribution in [-0.2, 0) is 7.05 Å². The molecule has 1 N–H and O–H groups in total. The summed E-state index contributed by atoms with van der Waals surface area (Å²) in [6, 6.07) is 10.4. The average Bonchev–Trinajstić information content (AvgIpc) is 3.12. The van der Waals surface area contributed by atoms with E-state index in [4.69, 9.17) is 9.47 Å². The lowest BCUT2D eigenvalue weighted by atomic mass is 10.1. The molecule has 0 spiro atoms. The summed E-state index contributed by atoms with van der Waals surface area (Å²) in [6.45, 7) is 5.08. The highest BCUT2D eigenvalue weighted by Gasteiger charge is 2.23. The maximum Gasteiger partial charge on any atom is 0.257 e. The average molecular weight is 452 g/mol. The second-order valence-corrected chi connectivity index (χ2v) is 8.08. The minimum atomic E-state index is -0.670. The van der Waals surface area contributed by atoms with Crippen molar-refractivity contribution in [3.63, 3.8) is 0 Å². The van der Waals surface area contributed by atoms with E-state index in [0.29, 0.717) is 24.7 Å². The van der Waals surface area contributed by atoms with Crippen LogP contribution >= 0.6 is 0 Å². The summed E-state index contributed by atoms with van der Waals surface area (Å²) in [5.74, 6) is -0.326. The van der Waals surface area contributed by atoms with Crippen LogP contribution in [-0.4, -0.2) is 45.7 Å². The number of benzene rings is 2. The molecule has 0 radical (unpaired) electrons. The van der Waals surface area contributed by atoms with Crippen LogP contribution in [0, 0.1) is 5.82 Å². The molecule has 0 unspecified atom stereocenters. The largest absolute Gasteiger partial charge is 0.491 e. The number of amides is 2. The Bertz CT molecular complexity index is 1190. The third-order valence-electron chi connectivity index (χ3n) is 5.02. The second kappa shape index (κ2) is 9.32. The van der Waals surface area contributed by atoms with E-state index in [1.807, 2.05) is 13.8 Å². The Morgan fingerprint density at radius 2 is 1.82 bits per heavy atom. The molecular weight excluding hydrogens is 427 g/mol. The molecule has 0 atom stereocenters. The number of likely N-dealkylation sites (tertiary alicyclic amines) is 1. The monoisotopic (exact) mass is 452 g/mol. The van der Waals surface area contributed by atoms with Gasteiger partial charge in [0.15, 0.2) is 17.4 Å². The third-order valence-corrected chi connectivity index (χ3v) is 5.02. The molecule has 33 heavy (non-hydrogen) atoms. The third kappa shape index (κ3) is 5.31. The fourth-order valence-electron chi connectivity index (χ4n) is 3.32. The van der Waals surface area contributed by atoms with E-state index in [1.54, 1.807) is 41.0 Å². The highest BCUT2D eigenvalue weighted by molar-refractivity contribution is 6.04. The number of anilines is 1. The van der Waals surface area contributed by atoms with Crippen molar-refractivity contribution in [2.45, 2.75) is 26.4 Å². The Hall–Kier alpha value is -3.88. The van der Waals surface area contributed by atoms with Crippen LogP contribution in [0.5, 0.6) is 17.2 Å². The maximum absolute atomic E-state index is 14.7. The van der Waals surface area contributed by atoms with Gasteiger partial charge in [-0.3, -0.25) is 14.3 Å². The first-order valence-electron chi connectivity index (χ1n) is 10.7. The van der Waals surface area contributed by atoms with Gasteiger partial charge < -0.3 is 19.7 Å². The molecule has 2 amide bonds. The van der Waals surface area contributed by atoms with Gasteiger partial charge in [-0.2, -0.15) is 5.10 Å². The quantitative estimate of drug-likeness (QED) is 0.580. The Balaban J connectivity index is 1.57. The van der Waals surface area contributed by atoms with E-state index in [2.05, 4.69) is 10.4 Å². The van der Waals surface area contributed by atoms with Gasteiger partial charge in [0.1, 0.15) is 11.5 Å². The van der Waals surface area contributed by atoms with E-state index in [-0.39, 0.29) is 34.6 Å². The number of carbonyl (C=O) groups is 2. The molecule has 1 fully saturated rings. The van der Waals surface area contributed by atoms with Crippen molar-refractivity contribution in [2.24, 2.45) is 7.05 Å². The van der Waals surface area contributed by atoms with Gasteiger partial charge in [-0.1, -0.05) is 0 Å². The standard InChI is InChI=1S/C24H25FN4O4/c1-15(2)32-18-11-17(23(30)26-22-7-10-28(3)27-22)12-19(14-18)33-21-6-5-16(13-20(21)25)24(31)29-8-4-9-29/h5-7,10-15H,4,8-9H2,1-3H3,(H,26,27,30). The number of hydrogen-bond donors (Lipinski definition) is 1. The molecule has 1 aromatic heterocycles. The van der Waals surface area contributed by atoms with Crippen molar-refractivity contribution < 1.29 is 23.5 Å². The zero-order valence-electron chi connectivity index (χ0n) is 18.7. The van der Waals surface area contributed by atoms with Crippen molar-refractivity contribution in [3.8, 4) is 17.2 Å². The first kappa shape index (κ1) is 22.3. The van der Waals surface area contributed by atoms with Crippen LogP contribution in [0.1, 0.15) is 41.0 Å². The van der Waals surface area contributed by atoms with E-state index >= 15 is 0 Å². The summed E-state index contributed by atoms with van der Waals surface area (Å²) >= 11 is 0. The molecule has 8 nitrogen and oxygen atoms in total. The Kier molecular flexibility index (Phi) is 6.30. The number of aromatic nitrogens is 2. The van der Waals surface area contributed by atoms with Gasteiger partial charge in [-0.25, -0.2) is 4.39 Å². The van der Waals surface area contributed by atoms with Gasteiger partial charge in [0, 0.05) is 49.6 Å². The lowest BCUT2D eigenvalue weighted by molar-refractivity contribution is 0.0651. The summed E-state index contributed by atoms with van der Waals surface area (Å²) in [4.78, 5) is 26.7. The Morgan fingerprint density at radius 3 is 2.42 bits per heavy atom. The van der Waals surface area contributed by atoms with Crippen molar-refractivity contribution in [1.82, 2.24) is 14.7 Å². The van der Waals surface area contributed by atoms with Crippen LogP contribution in [0.3, 0.4) is 0 Å². The number of ether oxygens (including phenoxy) is 2. The molecule has 1 saturated heterocycles. The smallest absolute Gasteiger partial charge is 0.257 e. The first-order chi connectivity index (χ1) is 15.8. The summed E-state index contributed by atoms with van der Waals surface area (Å²) < 4.78 is 27.8. The molecule has 3 aromatic rings. The molecule has 0 aliphatic carbocycles. The SMILES string of the molecule is CC(C)Oc1cc(Oc2ccc(C(=O)N3CCC3)cc2F)cc(C(=O)Nc2ccn(C)n2)c1. The molecule has 0 bridgehead atoms. The van der Waals surface area contributed by atoms with E-state index in [9.17, 15) is 14.0 Å². The number of nitrogens with one attached hydrogen (secondary N) is 1. The number of nitrogens with zero attached hydrogens (tertiary/aromatic N) is 3. The summed E-state index contributed by atoms with van der Waals surface area (Å²) in [5, 5.41) is 6.84. The zero-order chi connectivity index (χ0) is 23.5. The minimum absolute atomic E-state index is 0.0621. The topological polar surface area (TPSA) is 85.7 Å². The minimum Gasteiger partial charge on any atom is -0.491 e. The number of rotatable bonds is 7. The Morgan fingerprint density at radius 1 is 1.06 bits per heavy atom. The van der Waals surface area contributed by atoms with Crippen molar-refractivity contribution in [3.05, 3.63) is 65.6 Å². The highest BCUT2D eigenvalue weighted by Crippen LogP contribution is 2.31. The van der Waals surface area contributed by atoms with Crippen molar-refractivity contribution in [2.75, 3.05) is 18.4 Å². The van der Waals surface area contributed by atoms with E-state index in [1.165, 1.54) is 24.3 Å². The predicted octanol–water partition coefficient (Wildman–Crippen LogP) is 4.24. The molecule has 172 valence electrons.